The first kappa shape index (κ1) is 9.70. The molecule has 1 saturated carbocycles. The maximum absolute atomic E-state index is 5.92. The fourth-order valence-corrected chi connectivity index (χ4v) is 2.51. The van der Waals surface area contributed by atoms with Crippen LogP contribution in [0, 0.1) is 0 Å². The van der Waals surface area contributed by atoms with E-state index in [1.165, 1.54) is 12.8 Å². The van der Waals surface area contributed by atoms with Gasteiger partial charge in [-0.1, -0.05) is 19.6 Å². The zero-order chi connectivity index (χ0) is 10.3. The Morgan fingerprint density at radius 2 is 2.00 bits per heavy atom. The first-order valence-electron chi connectivity index (χ1n) is 5.14. The van der Waals surface area contributed by atoms with E-state index in [1.807, 2.05) is 0 Å². The molecule has 1 aliphatic heterocycles. The van der Waals surface area contributed by atoms with E-state index in [1.54, 1.807) is 0 Å². The summed E-state index contributed by atoms with van der Waals surface area (Å²) < 4.78 is 0. The lowest BCUT2D eigenvalue weighted by molar-refractivity contribution is 0.414. The van der Waals surface area contributed by atoms with E-state index < -0.39 is 8.07 Å². The molecular formula is C9H18N4Si. The van der Waals surface area contributed by atoms with Gasteiger partial charge in [-0.2, -0.15) is 0 Å². The van der Waals surface area contributed by atoms with Gasteiger partial charge >= 0.3 is 0 Å². The van der Waals surface area contributed by atoms with Gasteiger partial charge in [-0.05, 0) is 12.8 Å². The van der Waals surface area contributed by atoms with Gasteiger partial charge in [-0.15, -0.1) is 0 Å². The van der Waals surface area contributed by atoms with Crippen molar-refractivity contribution in [3.63, 3.8) is 0 Å². The van der Waals surface area contributed by atoms with Gasteiger partial charge in [-0.25, -0.2) is 4.99 Å². The minimum Gasteiger partial charge on any atom is -0.369 e. The highest BCUT2D eigenvalue weighted by molar-refractivity contribution is 7.04. The summed E-state index contributed by atoms with van der Waals surface area (Å²) in [6.45, 7) is 7.46. The first-order valence-corrected chi connectivity index (χ1v) is 8.64. The smallest absolute Gasteiger partial charge is 0.199 e. The second-order valence-electron chi connectivity index (χ2n) is 5.04. The molecule has 0 unspecified atom stereocenters. The summed E-state index contributed by atoms with van der Waals surface area (Å²) in [7, 11) is -1.39. The van der Waals surface area contributed by atoms with Crippen LogP contribution in [0.25, 0.3) is 0 Å². The van der Waals surface area contributed by atoms with Gasteiger partial charge in [0.25, 0.3) is 0 Å². The Hall–Kier alpha value is -0.843. The predicted octanol–water partition coefficient (Wildman–Crippen LogP) is 1.01. The van der Waals surface area contributed by atoms with Crippen LogP contribution in [0.2, 0.25) is 19.6 Å². The third kappa shape index (κ3) is 1.82. The SMILES string of the molecule is C[Si](C)(C)C1=NCN(C2CC2)C(N)=N1. The molecule has 78 valence electrons. The minimum absolute atomic E-state index is 0.616. The molecule has 0 radical (unpaired) electrons. The zero-order valence-electron chi connectivity index (χ0n) is 9.12. The van der Waals surface area contributed by atoms with Crippen LogP contribution < -0.4 is 5.73 Å². The van der Waals surface area contributed by atoms with Crippen LogP contribution in [0.5, 0.6) is 0 Å². The van der Waals surface area contributed by atoms with Crippen molar-refractivity contribution in [2.45, 2.75) is 38.5 Å². The number of guanidine groups is 1. The molecule has 1 heterocycles. The molecule has 2 aliphatic rings. The Bertz CT molecular complexity index is 298. The van der Waals surface area contributed by atoms with Gasteiger partial charge in [0, 0.05) is 6.04 Å². The Balaban J connectivity index is 2.13. The predicted molar refractivity (Wildman–Crippen MR) is 62.1 cm³/mol. The highest BCUT2D eigenvalue weighted by atomic mass is 28.3. The quantitative estimate of drug-likeness (QED) is 0.692. The largest absolute Gasteiger partial charge is 0.369 e. The third-order valence-corrected chi connectivity index (χ3v) is 4.16. The normalized spacial score (nSPS) is 23.2. The summed E-state index contributed by atoms with van der Waals surface area (Å²) in [5.41, 5.74) is 6.93. The molecule has 0 bridgehead atoms. The van der Waals surface area contributed by atoms with Crippen molar-refractivity contribution in [3.05, 3.63) is 0 Å². The average molecular weight is 210 g/mol. The Kier molecular flexibility index (Phi) is 2.14. The van der Waals surface area contributed by atoms with E-state index in [0.717, 1.165) is 12.1 Å². The number of rotatable bonds is 2. The first-order chi connectivity index (χ1) is 6.48. The molecule has 2 N–H and O–H groups in total. The summed E-state index contributed by atoms with van der Waals surface area (Å²) in [6.07, 6.45) is 2.49. The third-order valence-electron chi connectivity index (χ3n) is 2.55. The van der Waals surface area contributed by atoms with Crippen LogP contribution in [0.4, 0.5) is 0 Å². The number of amidine groups is 1. The number of hydrogen-bond donors (Lipinski definition) is 1. The lowest BCUT2D eigenvalue weighted by atomic mass is 10.5. The van der Waals surface area contributed by atoms with Crippen molar-refractivity contribution >= 4 is 19.5 Å². The molecular weight excluding hydrogens is 192 g/mol. The standard InChI is InChI=1S/C9H18N4Si/c1-14(2,3)9-11-6-13(7-4-5-7)8(10)12-9/h7H,4-6H2,1-3H3,(H2,10,11,12). The molecule has 0 atom stereocenters. The highest BCUT2D eigenvalue weighted by Gasteiger charge is 2.33. The average Bonchev–Trinajstić information content (AvgIpc) is 2.85. The van der Waals surface area contributed by atoms with Crippen molar-refractivity contribution < 1.29 is 0 Å². The van der Waals surface area contributed by atoms with Crippen molar-refractivity contribution in [2.75, 3.05) is 6.67 Å². The van der Waals surface area contributed by atoms with Crippen molar-refractivity contribution in [2.24, 2.45) is 15.7 Å². The molecule has 1 aliphatic carbocycles. The Labute approximate surface area is 85.9 Å². The summed E-state index contributed by atoms with van der Waals surface area (Å²) >= 11 is 0. The molecule has 2 rings (SSSR count). The second-order valence-corrected chi connectivity index (χ2v) is 9.99. The number of hydrogen-bond acceptors (Lipinski definition) is 4. The summed E-state index contributed by atoms with van der Waals surface area (Å²) in [5, 5.41) is 0. The minimum atomic E-state index is -1.39. The van der Waals surface area contributed by atoms with Crippen molar-refractivity contribution in [3.8, 4) is 0 Å². The fourth-order valence-electron chi connectivity index (χ4n) is 1.52. The maximum Gasteiger partial charge on any atom is 0.199 e. The molecule has 0 spiro atoms. The van der Waals surface area contributed by atoms with E-state index in [-0.39, 0.29) is 0 Å². The summed E-state index contributed by atoms with van der Waals surface area (Å²) in [6, 6.07) is 0.616. The molecule has 5 heteroatoms. The van der Waals surface area contributed by atoms with E-state index in [9.17, 15) is 0 Å². The van der Waals surface area contributed by atoms with Crippen LogP contribution >= 0.6 is 0 Å². The van der Waals surface area contributed by atoms with Gasteiger partial charge < -0.3 is 10.6 Å². The van der Waals surface area contributed by atoms with Crippen LogP contribution in [-0.2, 0) is 0 Å². The Morgan fingerprint density at radius 3 is 2.43 bits per heavy atom. The van der Waals surface area contributed by atoms with E-state index in [4.69, 9.17) is 5.73 Å². The van der Waals surface area contributed by atoms with E-state index >= 15 is 0 Å². The van der Waals surface area contributed by atoms with Crippen LogP contribution in [0.15, 0.2) is 9.98 Å². The number of nitrogens with zero attached hydrogens (tertiary/aromatic N) is 3. The van der Waals surface area contributed by atoms with Gasteiger partial charge in [0.05, 0.1) is 0 Å². The van der Waals surface area contributed by atoms with Gasteiger partial charge in [0.15, 0.2) is 5.96 Å². The molecule has 0 aromatic carbocycles. The molecule has 14 heavy (non-hydrogen) atoms. The van der Waals surface area contributed by atoms with Crippen molar-refractivity contribution in [1.82, 2.24) is 4.90 Å². The molecule has 0 aromatic heterocycles. The molecule has 0 aromatic rings. The van der Waals surface area contributed by atoms with Gasteiger partial charge in [0.2, 0.25) is 0 Å². The molecule has 0 amide bonds. The summed E-state index contributed by atoms with van der Waals surface area (Å²) in [4.78, 5) is 11.1. The lowest BCUT2D eigenvalue weighted by Gasteiger charge is -2.28. The monoisotopic (exact) mass is 210 g/mol. The van der Waals surface area contributed by atoms with Crippen LogP contribution in [0.3, 0.4) is 0 Å². The maximum atomic E-state index is 5.92. The van der Waals surface area contributed by atoms with E-state index in [0.29, 0.717) is 12.0 Å². The summed E-state index contributed by atoms with van der Waals surface area (Å²) in [5.74, 6) is 0.680. The van der Waals surface area contributed by atoms with Crippen LogP contribution in [0.1, 0.15) is 12.8 Å². The Morgan fingerprint density at radius 1 is 1.36 bits per heavy atom. The topological polar surface area (TPSA) is 54.0 Å². The van der Waals surface area contributed by atoms with Crippen LogP contribution in [-0.4, -0.2) is 37.1 Å². The molecule has 4 nitrogen and oxygen atoms in total. The molecule has 0 saturated heterocycles. The van der Waals surface area contributed by atoms with Gasteiger partial charge in [-0.3, -0.25) is 4.99 Å². The fraction of sp³-hybridized carbons (Fsp3) is 0.778. The second kappa shape index (κ2) is 3.08. The van der Waals surface area contributed by atoms with Gasteiger partial charge in [0.1, 0.15) is 20.2 Å². The lowest BCUT2D eigenvalue weighted by Crippen LogP contribution is -2.46. The van der Waals surface area contributed by atoms with Crippen molar-refractivity contribution in [1.29, 1.82) is 0 Å². The number of nitrogens with two attached hydrogens (primary N) is 1. The van der Waals surface area contributed by atoms with E-state index in [2.05, 4.69) is 34.5 Å². The highest BCUT2D eigenvalue weighted by Crippen LogP contribution is 2.27. The number of aliphatic imine (C=N–C) groups is 2. The zero-order valence-corrected chi connectivity index (χ0v) is 10.1. The molecule has 1 fully saturated rings.